The molecule has 0 radical (unpaired) electrons. The van der Waals surface area contributed by atoms with Gasteiger partial charge in [0.25, 0.3) is 5.91 Å². The van der Waals surface area contributed by atoms with E-state index in [1.54, 1.807) is 36.3 Å². The molecule has 0 bridgehead atoms. The molecule has 0 heterocycles. The number of halogens is 1. The van der Waals surface area contributed by atoms with Crippen molar-refractivity contribution < 1.29 is 9.53 Å². The minimum absolute atomic E-state index is 0.213. The number of rotatable bonds is 6. The fourth-order valence-corrected chi connectivity index (χ4v) is 1.82. The lowest BCUT2D eigenvalue weighted by Crippen LogP contribution is -2.34. The van der Waals surface area contributed by atoms with Gasteiger partial charge in [-0.25, -0.2) is 0 Å². The fourth-order valence-electron chi connectivity index (χ4n) is 1.56. The highest BCUT2D eigenvalue weighted by atomic mass is 35.5. The number of carbonyl (C=O) groups is 1. The zero-order chi connectivity index (χ0) is 13.5. The summed E-state index contributed by atoms with van der Waals surface area (Å²) in [4.78, 5) is 13.9. The van der Waals surface area contributed by atoms with Gasteiger partial charge in [0.05, 0.1) is 17.2 Å². The minimum atomic E-state index is -0.213. The monoisotopic (exact) mass is 268 g/mol. The van der Waals surface area contributed by atoms with Crippen molar-refractivity contribution in [1.29, 1.82) is 0 Å². The molecule has 2 N–H and O–H groups in total. The number of amides is 1. The Bertz CT molecular complexity index is 415. The number of nitrogens with zero attached hydrogens (tertiary/aromatic N) is 1. The third-order valence-corrected chi connectivity index (χ3v) is 2.78. The maximum absolute atomic E-state index is 12.3. The van der Waals surface area contributed by atoms with Crippen molar-refractivity contribution in [2.75, 3.05) is 32.5 Å². The zero-order valence-corrected chi connectivity index (χ0v) is 11.1. The van der Waals surface area contributed by atoms with Crippen LogP contribution in [-0.2, 0) is 4.74 Å². The van der Waals surface area contributed by atoms with Gasteiger partial charge in [0.2, 0.25) is 0 Å². The number of carbonyl (C=O) groups excluding carboxylic acids is 1. The number of ether oxygens (including phenoxy) is 1. The predicted molar refractivity (Wildman–Crippen MR) is 73.8 cm³/mol. The average Bonchev–Trinajstić information content (AvgIpc) is 2.34. The molecule has 0 spiro atoms. The van der Waals surface area contributed by atoms with Crippen molar-refractivity contribution in [3.8, 4) is 0 Å². The number of benzene rings is 1. The molecule has 0 aliphatic carbocycles. The van der Waals surface area contributed by atoms with Crippen LogP contribution in [0.3, 0.4) is 0 Å². The van der Waals surface area contributed by atoms with Gasteiger partial charge in [-0.2, -0.15) is 0 Å². The molecule has 1 rings (SSSR count). The summed E-state index contributed by atoms with van der Waals surface area (Å²) in [7, 11) is 1.58. The number of methoxy groups -OCH3 is 1. The second-order valence-electron chi connectivity index (χ2n) is 3.74. The lowest BCUT2D eigenvalue weighted by atomic mass is 10.1. The van der Waals surface area contributed by atoms with Crippen molar-refractivity contribution >= 4 is 23.2 Å². The number of nitrogens with two attached hydrogens (primary N) is 1. The van der Waals surface area contributed by atoms with Crippen LogP contribution in [0.5, 0.6) is 0 Å². The van der Waals surface area contributed by atoms with Crippen LogP contribution in [0, 0.1) is 0 Å². The molecule has 0 saturated carbocycles. The van der Waals surface area contributed by atoms with E-state index in [0.717, 1.165) is 0 Å². The first-order valence-corrected chi connectivity index (χ1v) is 5.92. The fraction of sp³-hybridized carbons (Fsp3) is 0.308. The Hall–Kier alpha value is -1.52. The Morgan fingerprint density at radius 1 is 1.61 bits per heavy atom. The number of hydrogen-bond acceptors (Lipinski definition) is 3. The van der Waals surface area contributed by atoms with Crippen LogP contribution in [-0.4, -0.2) is 37.6 Å². The summed E-state index contributed by atoms with van der Waals surface area (Å²) in [5.41, 5.74) is 6.50. The van der Waals surface area contributed by atoms with Gasteiger partial charge in [-0.1, -0.05) is 23.7 Å². The van der Waals surface area contributed by atoms with E-state index in [2.05, 4.69) is 6.58 Å². The van der Waals surface area contributed by atoms with E-state index in [1.807, 2.05) is 0 Å². The van der Waals surface area contributed by atoms with Gasteiger partial charge in [-0.3, -0.25) is 4.79 Å². The Morgan fingerprint density at radius 3 is 2.89 bits per heavy atom. The van der Waals surface area contributed by atoms with Crippen molar-refractivity contribution in [3.63, 3.8) is 0 Å². The molecule has 18 heavy (non-hydrogen) atoms. The molecule has 1 aromatic carbocycles. The Balaban J connectivity index is 2.97. The molecule has 4 nitrogen and oxygen atoms in total. The summed E-state index contributed by atoms with van der Waals surface area (Å²) in [5.74, 6) is -0.213. The highest BCUT2D eigenvalue weighted by Gasteiger charge is 2.19. The van der Waals surface area contributed by atoms with Gasteiger partial charge >= 0.3 is 0 Å². The van der Waals surface area contributed by atoms with Gasteiger partial charge in [0.1, 0.15) is 0 Å². The first-order chi connectivity index (χ1) is 8.61. The highest BCUT2D eigenvalue weighted by Crippen LogP contribution is 2.23. The quantitative estimate of drug-likeness (QED) is 0.636. The van der Waals surface area contributed by atoms with Crippen LogP contribution < -0.4 is 5.73 Å². The van der Waals surface area contributed by atoms with Crippen molar-refractivity contribution in [2.24, 2.45) is 0 Å². The Kier molecular flexibility index (Phi) is 5.68. The molecule has 0 aliphatic rings. The first-order valence-electron chi connectivity index (χ1n) is 5.55. The number of hydrogen-bond donors (Lipinski definition) is 1. The summed E-state index contributed by atoms with van der Waals surface area (Å²) in [6, 6.07) is 5.01. The largest absolute Gasteiger partial charge is 0.398 e. The summed E-state index contributed by atoms with van der Waals surface area (Å²) < 4.78 is 4.97. The maximum Gasteiger partial charge on any atom is 0.257 e. The second-order valence-corrected chi connectivity index (χ2v) is 4.14. The third kappa shape index (κ3) is 3.48. The van der Waals surface area contributed by atoms with Gasteiger partial charge in [0.15, 0.2) is 0 Å². The second kappa shape index (κ2) is 7.03. The number of anilines is 1. The molecule has 0 aromatic heterocycles. The summed E-state index contributed by atoms with van der Waals surface area (Å²) >= 11 is 6.02. The lowest BCUT2D eigenvalue weighted by molar-refractivity contribution is 0.0719. The highest BCUT2D eigenvalue weighted by molar-refractivity contribution is 6.34. The summed E-state index contributed by atoms with van der Waals surface area (Å²) in [6.07, 6.45) is 1.65. The Morgan fingerprint density at radius 2 is 2.33 bits per heavy atom. The molecule has 0 saturated heterocycles. The van der Waals surface area contributed by atoms with Crippen molar-refractivity contribution in [3.05, 3.63) is 41.4 Å². The van der Waals surface area contributed by atoms with Crippen LogP contribution in [0.4, 0.5) is 5.69 Å². The molecule has 0 aliphatic heterocycles. The molecule has 0 unspecified atom stereocenters. The molecule has 0 fully saturated rings. The van der Waals surface area contributed by atoms with E-state index in [0.29, 0.717) is 36.0 Å². The van der Waals surface area contributed by atoms with Crippen LogP contribution in [0.15, 0.2) is 30.9 Å². The van der Waals surface area contributed by atoms with Gasteiger partial charge in [-0.05, 0) is 12.1 Å². The van der Waals surface area contributed by atoms with Crippen molar-refractivity contribution in [1.82, 2.24) is 4.90 Å². The molecule has 1 aromatic rings. The standard InChI is InChI=1S/C13H17ClN2O2/c1-3-7-16(8-9-18-2)13(17)12-10(14)5-4-6-11(12)15/h3-6H,1,7-9,15H2,2H3. The van der Waals surface area contributed by atoms with E-state index >= 15 is 0 Å². The first kappa shape index (κ1) is 14.5. The Labute approximate surface area is 112 Å². The van der Waals surface area contributed by atoms with Crippen LogP contribution in [0.2, 0.25) is 5.02 Å². The normalized spacial score (nSPS) is 10.1. The van der Waals surface area contributed by atoms with E-state index in [4.69, 9.17) is 22.1 Å². The number of nitrogen functional groups attached to an aromatic ring is 1. The SMILES string of the molecule is C=CCN(CCOC)C(=O)c1c(N)cccc1Cl. The average molecular weight is 269 g/mol. The lowest BCUT2D eigenvalue weighted by Gasteiger charge is -2.22. The smallest absolute Gasteiger partial charge is 0.257 e. The summed E-state index contributed by atoms with van der Waals surface area (Å²) in [6.45, 7) is 4.97. The molecule has 0 atom stereocenters. The van der Waals surface area contributed by atoms with Gasteiger partial charge in [0, 0.05) is 25.9 Å². The zero-order valence-electron chi connectivity index (χ0n) is 10.4. The third-order valence-electron chi connectivity index (χ3n) is 2.46. The maximum atomic E-state index is 12.3. The van der Waals surface area contributed by atoms with Crippen LogP contribution in [0.25, 0.3) is 0 Å². The predicted octanol–water partition coefficient (Wildman–Crippen LogP) is 2.20. The minimum Gasteiger partial charge on any atom is -0.398 e. The van der Waals surface area contributed by atoms with Crippen molar-refractivity contribution in [2.45, 2.75) is 0 Å². The van der Waals surface area contributed by atoms with Gasteiger partial charge in [-0.15, -0.1) is 6.58 Å². The molecule has 1 amide bonds. The van der Waals surface area contributed by atoms with E-state index < -0.39 is 0 Å². The van der Waals surface area contributed by atoms with E-state index in [9.17, 15) is 4.79 Å². The van der Waals surface area contributed by atoms with Gasteiger partial charge < -0.3 is 15.4 Å². The molecule has 98 valence electrons. The topological polar surface area (TPSA) is 55.6 Å². The van der Waals surface area contributed by atoms with Crippen LogP contribution >= 0.6 is 11.6 Å². The molecular weight excluding hydrogens is 252 g/mol. The van der Waals surface area contributed by atoms with Crippen LogP contribution in [0.1, 0.15) is 10.4 Å². The molecule has 5 heteroatoms. The van der Waals surface area contributed by atoms with E-state index in [1.165, 1.54) is 0 Å². The molecular formula is C13H17ClN2O2. The van der Waals surface area contributed by atoms with E-state index in [-0.39, 0.29) is 5.91 Å². The summed E-state index contributed by atoms with van der Waals surface area (Å²) in [5, 5.41) is 0.353.